The van der Waals surface area contributed by atoms with Gasteiger partial charge in [-0.3, -0.25) is 4.79 Å². The van der Waals surface area contributed by atoms with Crippen LogP contribution in [-0.4, -0.2) is 23.9 Å². The molecule has 21 heavy (non-hydrogen) atoms. The number of benzene rings is 1. The summed E-state index contributed by atoms with van der Waals surface area (Å²) in [4.78, 5) is 12.1. The van der Waals surface area contributed by atoms with Gasteiger partial charge in [0.05, 0.1) is 12.2 Å². The summed E-state index contributed by atoms with van der Waals surface area (Å²) in [5.41, 5.74) is 1.73. The Bertz CT molecular complexity index is 452. The normalized spacial score (nSPS) is 11.4. The second kappa shape index (κ2) is 9.01. The molecule has 0 bridgehead atoms. The molecule has 1 rings (SSSR count). The minimum absolute atomic E-state index is 0.236. The Morgan fingerprint density at radius 2 is 1.90 bits per heavy atom. The zero-order valence-corrected chi connectivity index (χ0v) is 13.8. The molecule has 0 unspecified atom stereocenters. The molecule has 2 nitrogen and oxygen atoms in total. The number of hydrogen-bond acceptors (Lipinski definition) is 2. The van der Waals surface area contributed by atoms with Crippen molar-refractivity contribution >= 4 is 17.4 Å². The highest BCUT2D eigenvalue weighted by Crippen LogP contribution is 2.18. The fourth-order valence-electron chi connectivity index (χ4n) is 2.08. The molecule has 0 atom stereocenters. The van der Waals surface area contributed by atoms with E-state index in [0.717, 1.165) is 18.4 Å². The van der Waals surface area contributed by atoms with E-state index < -0.39 is 5.60 Å². The van der Waals surface area contributed by atoms with Crippen LogP contribution in [0.4, 0.5) is 0 Å². The van der Waals surface area contributed by atoms with Crippen LogP contribution in [0.3, 0.4) is 0 Å². The molecule has 0 heterocycles. The lowest BCUT2D eigenvalue weighted by molar-refractivity contribution is -0.125. The van der Waals surface area contributed by atoms with Crippen molar-refractivity contribution in [2.75, 3.05) is 12.5 Å². The highest BCUT2D eigenvalue weighted by atomic mass is 35.5. The van der Waals surface area contributed by atoms with Crippen LogP contribution in [0.15, 0.2) is 42.5 Å². The number of ether oxygens (including phenoxy) is 1. The van der Waals surface area contributed by atoms with Gasteiger partial charge in [0.25, 0.3) is 0 Å². The molecule has 0 radical (unpaired) electrons. The molecule has 0 aliphatic heterocycles. The number of hydrogen-bond donors (Lipinski definition) is 0. The molecule has 0 spiro atoms. The average molecular weight is 309 g/mol. The van der Waals surface area contributed by atoms with Crippen molar-refractivity contribution in [3.8, 4) is 0 Å². The Morgan fingerprint density at radius 3 is 2.52 bits per heavy atom. The zero-order chi connectivity index (χ0) is 15.7. The molecule has 3 heteroatoms. The predicted molar refractivity (Wildman–Crippen MR) is 88.9 cm³/mol. The molecular formula is C18H25ClO2. The zero-order valence-electron chi connectivity index (χ0n) is 13.0. The molecular weight excluding hydrogens is 284 g/mol. The monoisotopic (exact) mass is 308 g/mol. The first-order valence-corrected chi connectivity index (χ1v) is 7.88. The second-order valence-corrected chi connectivity index (χ2v) is 6.21. The summed E-state index contributed by atoms with van der Waals surface area (Å²) in [5, 5.41) is 0. The first-order chi connectivity index (χ1) is 9.93. The topological polar surface area (TPSA) is 26.3 Å². The lowest BCUT2D eigenvalue weighted by atomic mass is 9.97. The minimum atomic E-state index is -0.430. The van der Waals surface area contributed by atoms with Crippen LogP contribution in [0, 0.1) is 0 Å². The molecule has 0 aliphatic carbocycles. The van der Waals surface area contributed by atoms with Crippen molar-refractivity contribution in [1.29, 1.82) is 0 Å². The Kier molecular flexibility index (Phi) is 7.69. The number of carbonyl (C=O) groups is 1. The number of Topliss-reactive ketones (excluding diaryl/α,β-unsaturated/α-hetero) is 1. The quantitative estimate of drug-likeness (QED) is 0.468. The highest BCUT2D eigenvalue weighted by Gasteiger charge is 2.22. The van der Waals surface area contributed by atoms with Gasteiger partial charge in [-0.15, -0.1) is 11.6 Å². The SMILES string of the molecule is C=C(CCl)CCOC(C)(C)CC(=O)CCc1ccccc1. The van der Waals surface area contributed by atoms with E-state index in [-0.39, 0.29) is 5.78 Å². The summed E-state index contributed by atoms with van der Waals surface area (Å²) in [6.45, 7) is 8.31. The van der Waals surface area contributed by atoms with Gasteiger partial charge >= 0.3 is 0 Å². The van der Waals surface area contributed by atoms with E-state index in [9.17, 15) is 4.79 Å². The summed E-state index contributed by atoms with van der Waals surface area (Å²) in [7, 11) is 0. The smallest absolute Gasteiger partial charge is 0.136 e. The van der Waals surface area contributed by atoms with Crippen LogP contribution in [0.1, 0.15) is 38.7 Å². The molecule has 1 aromatic carbocycles. The largest absolute Gasteiger partial charge is 0.375 e. The Morgan fingerprint density at radius 1 is 1.24 bits per heavy atom. The molecule has 0 amide bonds. The van der Waals surface area contributed by atoms with Crippen LogP contribution < -0.4 is 0 Å². The first-order valence-electron chi connectivity index (χ1n) is 7.35. The minimum Gasteiger partial charge on any atom is -0.375 e. The first kappa shape index (κ1) is 17.9. The van der Waals surface area contributed by atoms with Gasteiger partial charge in [0.15, 0.2) is 0 Å². The van der Waals surface area contributed by atoms with Crippen molar-refractivity contribution < 1.29 is 9.53 Å². The summed E-state index contributed by atoms with van der Waals surface area (Å²) in [6, 6.07) is 10.1. The van der Waals surface area contributed by atoms with Crippen molar-refractivity contribution in [3.63, 3.8) is 0 Å². The Labute approximate surface area is 133 Å². The van der Waals surface area contributed by atoms with Gasteiger partial charge in [-0.25, -0.2) is 0 Å². The third-order valence-electron chi connectivity index (χ3n) is 3.30. The summed E-state index contributed by atoms with van der Waals surface area (Å²) >= 11 is 5.68. The third-order valence-corrected chi connectivity index (χ3v) is 3.67. The summed E-state index contributed by atoms with van der Waals surface area (Å²) in [6.07, 6.45) is 2.53. The van der Waals surface area contributed by atoms with Crippen LogP contribution >= 0.6 is 11.6 Å². The maximum atomic E-state index is 12.1. The van der Waals surface area contributed by atoms with Gasteiger partial charge in [-0.2, -0.15) is 0 Å². The van der Waals surface area contributed by atoms with Gasteiger partial charge in [0.2, 0.25) is 0 Å². The van der Waals surface area contributed by atoms with Crippen molar-refractivity contribution in [1.82, 2.24) is 0 Å². The lowest BCUT2D eigenvalue weighted by Gasteiger charge is -2.24. The predicted octanol–water partition coefficient (Wildman–Crippen LogP) is 4.56. The number of ketones is 1. The Balaban J connectivity index is 2.30. The van der Waals surface area contributed by atoms with E-state index in [0.29, 0.717) is 25.3 Å². The molecule has 0 fully saturated rings. The molecule has 116 valence electrons. The molecule has 0 aliphatic rings. The van der Waals surface area contributed by atoms with Gasteiger partial charge in [-0.05, 0) is 32.3 Å². The number of alkyl halides is 1. The number of rotatable bonds is 10. The summed E-state index contributed by atoms with van der Waals surface area (Å²) < 4.78 is 5.78. The molecule has 0 N–H and O–H groups in total. The van der Waals surface area contributed by atoms with Crippen LogP contribution in [0.5, 0.6) is 0 Å². The van der Waals surface area contributed by atoms with Gasteiger partial charge in [0.1, 0.15) is 5.78 Å². The summed E-state index contributed by atoms with van der Waals surface area (Å²) in [5.74, 6) is 0.694. The second-order valence-electron chi connectivity index (χ2n) is 5.94. The van der Waals surface area contributed by atoms with Crippen molar-refractivity contribution in [2.45, 2.75) is 45.1 Å². The van der Waals surface area contributed by atoms with E-state index in [1.54, 1.807) is 0 Å². The van der Waals surface area contributed by atoms with Gasteiger partial charge in [0, 0.05) is 18.7 Å². The fourth-order valence-corrected chi connectivity index (χ4v) is 2.21. The van der Waals surface area contributed by atoms with E-state index in [4.69, 9.17) is 16.3 Å². The van der Waals surface area contributed by atoms with Crippen LogP contribution in [0.2, 0.25) is 0 Å². The number of aryl methyl sites for hydroxylation is 1. The van der Waals surface area contributed by atoms with E-state index in [2.05, 4.69) is 6.58 Å². The third kappa shape index (κ3) is 8.03. The van der Waals surface area contributed by atoms with Crippen molar-refractivity contribution in [3.05, 3.63) is 48.0 Å². The lowest BCUT2D eigenvalue weighted by Crippen LogP contribution is -2.28. The maximum absolute atomic E-state index is 12.1. The van der Waals surface area contributed by atoms with E-state index in [1.165, 1.54) is 5.56 Å². The highest BCUT2D eigenvalue weighted by molar-refractivity contribution is 6.19. The fraction of sp³-hybridized carbons (Fsp3) is 0.500. The molecule has 0 saturated carbocycles. The number of halogens is 1. The van der Waals surface area contributed by atoms with Crippen LogP contribution in [-0.2, 0) is 16.0 Å². The molecule has 0 aromatic heterocycles. The molecule has 1 aromatic rings. The van der Waals surface area contributed by atoms with E-state index in [1.807, 2.05) is 44.2 Å². The molecule has 0 saturated heterocycles. The maximum Gasteiger partial charge on any atom is 0.136 e. The van der Waals surface area contributed by atoms with E-state index >= 15 is 0 Å². The Hall–Kier alpha value is -1.12. The van der Waals surface area contributed by atoms with Crippen LogP contribution in [0.25, 0.3) is 0 Å². The van der Waals surface area contributed by atoms with Gasteiger partial charge in [-0.1, -0.05) is 42.5 Å². The van der Waals surface area contributed by atoms with Crippen molar-refractivity contribution in [2.24, 2.45) is 0 Å². The average Bonchev–Trinajstić information content (AvgIpc) is 2.45. The number of carbonyl (C=O) groups excluding carboxylic acids is 1. The van der Waals surface area contributed by atoms with Gasteiger partial charge < -0.3 is 4.74 Å². The standard InChI is InChI=1S/C18H25ClO2/c1-15(14-19)11-12-21-18(2,3)13-17(20)10-9-16-7-5-4-6-8-16/h4-8H,1,9-14H2,2-3H3.